The number of rotatable bonds is 5. The van der Waals surface area contributed by atoms with E-state index in [2.05, 4.69) is 10.3 Å². The molecule has 3 aromatic rings. The summed E-state index contributed by atoms with van der Waals surface area (Å²) in [6, 6.07) is 13.3. The van der Waals surface area contributed by atoms with Gasteiger partial charge in [0.25, 0.3) is 5.91 Å². The molecule has 1 amide bonds. The lowest BCUT2D eigenvalue weighted by atomic mass is 10.1. The Labute approximate surface area is 158 Å². The van der Waals surface area contributed by atoms with Gasteiger partial charge in [-0.15, -0.1) is 22.7 Å². The lowest BCUT2D eigenvalue weighted by Gasteiger charge is -2.00. The van der Waals surface area contributed by atoms with Gasteiger partial charge in [-0.1, -0.05) is 29.8 Å². The fourth-order valence-corrected chi connectivity index (χ4v) is 3.84. The van der Waals surface area contributed by atoms with Gasteiger partial charge in [0.15, 0.2) is 5.13 Å². The maximum atomic E-state index is 12.2. The second-order valence-corrected chi connectivity index (χ2v) is 7.61. The first-order valence-corrected chi connectivity index (χ1v) is 9.37. The number of hydrogen-bond acceptors (Lipinski definition) is 5. The van der Waals surface area contributed by atoms with E-state index in [1.54, 1.807) is 12.3 Å². The minimum absolute atomic E-state index is 0.0500. The molecule has 7 heteroatoms. The lowest BCUT2D eigenvalue weighted by Crippen LogP contribution is -2.13. The summed E-state index contributed by atoms with van der Waals surface area (Å²) in [5, 5.41) is 14.9. The Hall–Kier alpha value is -2.46. The van der Waals surface area contributed by atoms with Gasteiger partial charge in [-0.25, -0.2) is 4.98 Å². The first kappa shape index (κ1) is 17.4. The molecule has 0 aliphatic heterocycles. The first-order chi connectivity index (χ1) is 12.1. The van der Waals surface area contributed by atoms with Crippen molar-refractivity contribution in [2.75, 3.05) is 5.32 Å². The number of anilines is 1. The van der Waals surface area contributed by atoms with Crippen LogP contribution in [-0.4, -0.2) is 10.9 Å². The smallest absolute Gasteiger partial charge is 0.268 e. The Morgan fingerprint density at radius 2 is 2.24 bits per heavy atom. The molecular weight excluding hydrogens is 374 g/mol. The summed E-state index contributed by atoms with van der Waals surface area (Å²) in [5.41, 5.74) is 1.12. The number of nitrogens with zero attached hydrogens (tertiary/aromatic N) is 2. The fraction of sp³-hybridized carbons (Fsp3) is 0.0556. The molecule has 25 heavy (non-hydrogen) atoms. The highest BCUT2D eigenvalue weighted by atomic mass is 35.5. The van der Waals surface area contributed by atoms with E-state index in [0.29, 0.717) is 16.6 Å². The van der Waals surface area contributed by atoms with Gasteiger partial charge in [0.05, 0.1) is 0 Å². The summed E-state index contributed by atoms with van der Waals surface area (Å²) < 4.78 is 0. The Morgan fingerprint density at radius 1 is 1.36 bits per heavy atom. The molecule has 1 aromatic carbocycles. The van der Waals surface area contributed by atoms with E-state index in [9.17, 15) is 10.1 Å². The van der Waals surface area contributed by atoms with Gasteiger partial charge in [0.1, 0.15) is 11.6 Å². The van der Waals surface area contributed by atoms with E-state index in [-0.39, 0.29) is 5.57 Å². The average molecular weight is 386 g/mol. The lowest BCUT2D eigenvalue weighted by molar-refractivity contribution is -0.112. The highest BCUT2D eigenvalue weighted by Gasteiger charge is 2.12. The summed E-state index contributed by atoms with van der Waals surface area (Å²) in [6.45, 7) is 0. The summed E-state index contributed by atoms with van der Waals surface area (Å²) in [6.07, 6.45) is 3.97. The molecule has 124 valence electrons. The number of benzene rings is 1. The van der Waals surface area contributed by atoms with Crippen LogP contribution in [0.2, 0.25) is 5.02 Å². The van der Waals surface area contributed by atoms with Crippen molar-refractivity contribution >= 4 is 51.4 Å². The molecule has 1 N–H and O–H groups in total. The molecule has 0 saturated heterocycles. The molecule has 4 nitrogen and oxygen atoms in total. The standard InChI is InChI=1S/C18H12ClN3OS2/c19-14-4-1-3-12(7-14)8-16-11-21-18(25-16)22-17(23)13(10-20)9-15-5-2-6-24-15/h1-7,9,11H,8H2,(H,21,22,23)/b13-9-. The second kappa shape index (κ2) is 8.08. The number of thiazole rings is 1. The van der Waals surface area contributed by atoms with Crippen molar-refractivity contribution in [3.8, 4) is 6.07 Å². The molecule has 2 aromatic heterocycles. The van der Waals surface area contributed by atoms with Gasteiger partial charge < -0.3 is 0 Å². The first-order valence-electron chi connectivity index (χ1n) is 7.30. The van der Waals surface area contributed by atoms with Crippen molar-refractivity contribution in [2.24, 2.45) is 0 Å². The molecule has 0 spiro atoms. The number of aromatic nitrogens is 1. The Bertz CT molecular complexity index is 955. The molecule has 0 aliphatic rings. The molecule has 3 rings (SSSR count). The summed E-state index contributed by atoms with van der Waals surface area (Å²) >= 11 is 8.83. The van der Waals surface area contributed by atoms with Gasteiger partial charge in [0.2, 0.25) is 0 Å². The van der Waals surface area contributed by atoms with Crippen LogP contribution in [0.15, 0.2) is 53.5 Å². The largest absolute Gasteiger partial charge is 0.297 e. The third-order valence-electron chi connectivity index (χ3n) is 3.24. The van der Waals surface area contributed by atoms with Crippen LogP contribution in [-0.2, 0) is 11.2 Å². The molecule has 0 saturated carbocycles. The molecule has 0 aliphatic carbocycles. The number of nitrogens with one attached hydrogen (secondary N) is 1. The van der Waals surface area contributed by atoms with E-state index in [1.165, 1.54) is 22.7 Å². The molecule has 2 heterocycles. The van der Waals surface area contributed by atoms with Crippen LogP contribution < -0.4 is 5.32 Å². The Morgan fingerprint density at radius 3 is 2.96 bits per heavy atom. The van der Waals surface area contributed by atoms with Gasteiger partial charge in [-0.05, 0) is 35.2 Å². The maximum absolute atomic E-state index is 12.2. The van der Waals surface area contributed by atoms with Crippen LogP contribution in [0.3, 0.4) is 0 Å². The van der Waals surface area contributed by atoms with E-state index in [1.807, 2.05) is 47.8 Å². The molecule has 0 atom stereocenters. The second-order valence-electron chi connectivity index (χ2n) is 5.08. The third-order valence-corrected chi connectivity index (χ3v) is 5.20. The average Bonchev–Trinajstić information content (AvgIpc) is 3.24. The number of carbonyl (C=O) groups excluding carboxylic acids is 1. The number of amides is 1. The molecule has 0 unspecified atom stereocenters. The molecule has 0 radical (unpaired) electrons. The number of thiophene rings is 1. The number of halogens is 1. The van der Waals surface area contributed by atoms with E-state index >= 15 is 0 Å². The molecular formula is C18H12ClN3OS2. The van der Waals surface area contributed by atoms with Crippen LogP contribution in [0.5, 0.6) is 0 Å². The summed E-state index contributed by atoms with van der Waals surface area (Å²) in [7, 11) is 0. The highest BCUT2D eigenvalue weighted by molar-refractivity contribution is 7.15. The normalized spacial score (nSPS) is 11.1. The molecule has 0 fully saturated rings. The van der Waals surface area contributed by atoms with Gasteiger partial charge >= 0.3 is 0 Å². The predicted molar refractivity (Wildman–Crippen MR) is 103 cm³/mol. The van der Waals surface area contributed by atoms with E-state index in [0.717, 1.165) is 15.3 Å². The minimum atomic E-state index is -0.459. The molecule has 0 bridgehead atoms. The Kier molecular flexibility index (Phi) is 5.61. The van der Waals surface area contributed by atoms with Crippen molar-refractivity contribution in [1.29, 1.82) is 5.26 Å². The van der Waals surface area contributed by atoms with Crippen molar-refractivity contribution in [2.45, 2.75) is 6.42 Å². The Balaban J connectivity index is 1.68. The quantitative estimate of drug-likeness (QED) is 0.496. The highest BCUT2D eigenvalue weighted by Crippen LogP contribution is 2.23. The van der Waals surface area contributed by atoms with Crippen molar-refractivity contribution in [3.05, 3.63) is 73.9 Å². The van der Waals surface area contributed by atoms with Crippen LogP contribution in [0.4, 0.5) is 5.13 Å². The SMILES string of the molecule is N#C/C(=C/c1cccs1)C(=O)Nc1ncc(Cc2cccc(Cl)c2)s1. The summed E-state index contributed by atoms with van der Waals surface area (Å²) in [4.78, 5) is 18.3. The van der Waals surface area contributed by atoms with Crippen molar-refractivity contribution in [1.82, 2.24) is 4.98 Å². The van der Waals surface area contributed by atoms with E-state index in [4.69, 9.17) is 11.6 Å². The monoisotopic (exact) mass is 385 g/mol. The number of carbonyl (C=O) groups is 1. The zero-order valence-corrected chi connectivity index (χ0v) is 15.3. The van der Waals surface area contributed by atoms with Gasteiger partial charge in [0, 0.05) is 27.4 Å². The van der Waals surface area contributed by atoms with Crippen molar-refractivity contribution < 1.29 is 4.79 Å². The fourth-order valence-electron chi connectivity index (χ4n) is 2.12. The predicted octanol–water partition coefficient (Wildman–Crippen LogP) is 4.99. The van der Waals surface area contributed by atoms with Gasteiger partial charge in [-0.3, -0.25) is 10.1 Å². The van der Waals surface area contributed by atoms with Crippen molar-refractivity contribution in [3.63, 3.8) is 0 Å². The van der Waals surface area contributed by atoms with Crippen LogP contribution in [0, 0.1) is 11.3 Å². The zero-order valence-electron chi connectivity index (χ0n) is 12.9. The van der Waals surface area contributed by atoms with E-state index < -0.39 is 5.91 Å². The summed E-state index contributed by atoms with van der Waals surface area (Å²) in [5.74, 6) is -0.459. The maximum Gasteiger partial charge on any atom is 0.268 e. The topological polar surface area (TPSA) is 65.8 Å². The van der Waals surface area contributed by atoms with Gasteiger partial charge in [-0.2, -0.15) is 5.26 Å². The number of hydrogen-bond donors (Lipinski definition) is 1. The van der Waals surface area contributed by atoms with Crippen LogP contribution in [0.1, 0.15) is 15.3 Å². The zero-order chi connectivity index (χ0) is 17.6. The number of nitriles is 1. The minimum Gasteiger partial charge on any atom is -0.297 e. The van der Waals surface area contributed by atoms with Crippen LogP contribution in [0.25, 0.3) is 6.08 Å². The third kappa shape index (κ3) is 4.77. The van der Waals surface area contributed by atoms with Crippen LogP contribution >= 0.6 is 34.3 Å².